The summed E-state index contributed by atoms with van der Waals surface area (Å²) in [5.41, 5.74) is 0. The fourth-order valence-corrected chi connectivity index (χ4v) is 2.89. The molecule has 5 heteroatoms. The van der Waals surface area contributed by atoms with Crippen LogP contribution in [0, 0.1) is 24.2 Å². The summed E-state index contributed by atoms with van der Waals surface area (Å²) < 4.78 is 0. The van der Waals surface area contributed by atoms with E-state index in [1.807, 2.05) is 0 Å². The molecule has 21 heavy (non-hydrogen) atoms. The molecule has 1 saturated carbocycles. The van der Waals surface area contributed by atoms with Crippen LogP contribution >= 0.6 is 0 Å². The van der Waals surface area contributed by atoms with Gasteiger partial charge in [-0.2, -0.15) is 0 Å². The van der Waals surface area contributed by atoms with Gasteiger partial charge in [0.15, 0.2) is 0 Å². The Kier molecular flexibility index (Phi) is 5.63. The minimum Gasteiger partial charge on any atom is -0.396 e. The van der Waals surface area contributed by atoms with E-state index < -0.39 is 0 Å². The molecule has 2 aliphatic rings. The van der Waals surface area contributed by atoms with Gasteiger partial charge < -0.3 is 15.3 Å². The number of hydrogen-bond donors (Lipinski definition) is 2. The van der Waals surface area contributed by atoms with E-state index in [4.69, 9.17) is 6.42 Å². The first-order valence-corrected chi connectivity index (χ1v) is 7.78. The molecule has 0 unspecified atom stereocenters. The number of likely N-dealkylation sites (tertiary alicyclic amines) is 1. The average molecular weight is 292 g/mol. The molecule has 0 radical (unpaired) electrons. The first-order valence-electron chi connectivity index (χ1n) is 7.78. The predicted octanol–water partition coefficient (Wildman–Crippen LogP) is 0.525. The van der Waals surface area contributed by atoms with Gasteiger partial charge in [-0.15, -0.1) is 12.3 Å². The molecule has 0 aromatic heterocycles. The second-order valence-electron chi connectivity index (χ2n) is 6.04. The topological polar surface area (TPSA) is 69.6 Å². The van der Waals surface area contributed by atoms with Gasteiger partial charge in [-0.1, -0.05) is 6.42 Å². The normalized spacial score (nSPS) is 25.2. The third-order valence-corrected chi connectivity index (χ3v) is 4.54. The molecular formula is C16H24N2O3. The summed E-state index contributed by atoms with van der Waals surface area (Å²) in [4.78, 5) is 25.8. The second kappa shape index (κ2) is 7.46. The Morgan fingerprint density at radius 1 is 1.33 bits per heavy atom. The van der Waals surface area contributed by atoms with E-state index in [0.717, 1.165) is 19.3 Å². The summed E-state index contributed by atoms with van der Waals surface area (Å²) >= 11 is 0. The average Bonchev–Trinajstić information content (AvgIpc) is 2.80. The summed E-state index contributed by atoms with van der Waals surface area (Å²) in [5, 5.41) is 12.5. The summed E-state index contributed by atoms with van der Waals surface area (Å²) in [6.07, 6.45) is 9.94. The third kappa shape index (κ3) is 3.98. The van der Waals surface area contributed by atoms with Crippen molar-refractivity contribution in [1.29, 1.82) is 0 Å². The number of carbonyl (C=O) groups is 2. The maximum atomic E-state index is 12.1. The molecule has 0 aromatic rings. The van der Waals surface area contributed by atoms with Gasteiger partial charge >= 0.3 is 0 Å². The standard InChI is InChI=1S/C16H24N2O3/c1-2-3-4-8-15(20)18-9-13(11-19)14(10-18)17-16(21)12-6-5-7-12/h1,12-14,19H,3-11H2,(H,17,21)/t13-,14+/m0/s1. The number of amides is 2. The van der Waals surface area contributed by atoms with Crippen molar-refractivity contribution in [2.24, 2.45) is 11.8 Å². The Bertz CT molecular complexity index is 426. The van der Waals surface area contributed by atoms with Crippen molar-refractivity contribution in [2.75, 3.05) is 19.7 Å². The molecular weight excluding hydrogens is 268 g/mol. The smallest absolute Gasteiger partial charge is 0.223 e. The van der Waals surface area contributed by atoms with Crippen molar-refractivity contribution in [3.8, 4) is 12.3 Å². The predicted molar refractivity (Wildman–Crippen MR) is 79.1 cm³/mol. The van der Waals surface area contributed by atoms with Crippen molar-refractivity contribution in [1.82, 2.24) is 10.2 Å². The zero-order chi connectivity index (χ0) is 15.2. The molecule has 1 aliphatic carbocycles. The second-order valence-corrected chi connectivity index (χ2v) is 6.04. The quantitative estimate of drug-likeness (QED) is 0.554. The van der Waals surface area contributed by atoms with Crippen molar-refractivity contribution in [3.05, 3.63) is 0 Å². The maximum Gasteiger partial charge on any atom is 0.223 e. The van der Waals surface area contributed by atoms with Crippen LogP contribution in [0.15, 0.2) is 0 Å². The van der Waals surface area contributed by atoms with Crippen LogP contribution in [-0.4, -0.2) is 47.6 Å². The highest BCUT2D eigenvalue weighted by Gasteiger charge is 2.37. The fourth-order valence-electron chi connectivity index (χ4n) is 2.89. The van der Waals surface area contributed by atoms with E-state index in [1.54, 1.807) is 4.90 Å². The van der Waals surface area contributed by atoms with Gasteiger partial charge in [-0.05, 0) is 19.3 Å². The first-order chi connectivity index (χ1) is 10.2. The molecule has 1 saturated heterocycles. The molecule has 2 atom stereocenters. The van der Waals surface area contributed by atoms with Gasteiger partial charge in [0, 0.05) is 44.4 Å². The van der Waals surface area contributed by atoms with E-state index in [2.05, 4.69) is 11.2 Å². The lowest BCUT2D eigenvalue weighted by Crippen LogP contribution is -2.45. The summed E-state index contributed by atoms with van der Waals surface area (Å²) in [6, 6.07) is -0.125. The van der Waals surface area contributed by atoms with Crippen LogP contribution < -0.4 is 5.32 Å². The van der Waals surface area contributed by atoms with Gasteiger partial charge in [0.05, 0.1) is 6.04 Å². The molecule has 0 aromatic carbocycles. The Labute approximate surface area is 126 Å². The largest absolute Gasteiger partial charge is 0.396 e. The number of nitrogens with one attached hydrogen (secondary N) is 1. The zero-order valence-corrected chi connectivity index (χ0v) is 12.4. The Hall–Kier alpha value is -1.54. The highest BCUT2D eigenvalue weighted by atomic mass is 16.3. The molecule has 116 valence electrons. The van der Waals surface area contributed by atoms with Crippen LogP contribution in [0.25, 0.3) is 0 Å². The van der Waals surface area contributed by atoms with Crippen molar-refractivity contribution < 1.29 is 14.7 Å². The number of rotatable bonds is 6. The Morgan fingerprint density at radius 2 is 2.10 bits per heavy atom. The lowest BCUT2D eigenvalue weighted by Gasteiger charge is -2.27. The van der Waals surface area contributed by atoms with Crippen LogP contribution in [-0.2, 0) is 9.59 Å². The molecule has 2 amide bonds. The van der Waals surface area contributed by atoms with Gasteiger partial charge in [-0.3, -0.25) is 9.59 Å². The van der Waals surface area contributed by atoms with Gasteiger partial charge in [0.2, 0.25) is 11.8 Å². The number of terminal acetylenes is 1. The van der Waals surface area contributed by atoms with E-state index in [-0.39, 0.29) is 36.3 Å². The summed E-state index contributed by atoms with van der Waals surface area (Å²) in [5.74, 6) is 2.73. The van der Waals surface area contributed by atoms with E-state index in [1.165, 1.54) is 0 Å². The number of unbranched alkanes of at least 4 members (excludes halogenated alkanes) is 1. The van der Waals surface area contributed by atoms with E-state index in [0.29, 0.717) is 32.4 Å². The first kappa shape index (κ1) is 15.8. The number of hydrogen-bond acceptors (Lipinski definition) is 3. The number of aliphatic hydroxyl groups excluding tert-OH is 1. The molecule has 5 nitrogen and oxygen atoms in total. The maximum absolute atomic E-state index is 12.1. The fraction of sp³-hybridized carbons (Fsp3) is 0.750. The highest BCUT2D eigenvalue weighted by Crippen LogP contribution is 2.27. The molecule has 1 heterocycles. The molecule has 2 rings (SSSR count). The molecule has 2 N–H and O–H groups in total. The van der Waals surface area contributed by atoms with Crippen molar-refractivity contribution in [2.45, 2.75) is 44.6 Å². The molecule has 1 aliphatic heterocycles. The number of nitrogens with zero attached hydrogens (tertiary/aromatic N) is 1. The van der Waals surface area contributed by atoms with Crippen LogP contribution in [0.4, 0.5) is 0 Å². The minimum absolute atomic E-state index is 0.0102. The van der Waals surface area contributed by atoms with E-state index in [9.17, 15) is 14.7 Å². The van der Waals surface area contributed by atoms with Crippen LogP contribution in [0.5, 0.6) is 0 Å². The zero-order valence-electron chi connectivity index (χ0n) is 12.4. The van der Waals surface area contributed by atoms with Crippen LogP contribution in [0.2, 0.25) is 0 Å². The van der Waals surface area contributed by atoms with Gasteiger partial charge in [0.1, 0.15) is 0 Å². The van der Waals surface area contributed by atoms with Gasteiger partial charge in [-0.25, -0.2) is 0 Å². The van der Waals surface area contributed by atoms with E-state index >= 15 is 0 Å². The van der Waals surface area contributed by atoms with Crippen molar-refractivity contribution in [3.63, 3.8) is 0 Å². The summed E-state index contributed by atoms with van der Waals surface area (Å²) in [6.45, 7) is 1.00. The Morgan fingerprint density at radius 3 is 2.67 bits per heavy atom. The number of aliphatic hydroxyl groups is 1. The lowest BCUT2D eigenvalue weighted by molar-refractivity contribution is -0.131. The molecule has 0 bridgehead atoms. The highest BCUT2D eigenvalue weighted by molar-refractivity contribution is 5.80. The number of carbonyl (C=O) groups excluding carboxylic acids is 2. The van der Waals surface area contributed by atoms with Gasteiger partial charge in [0.25, 0.3) is 0 Å². The molecule has 0 spiro atoms. The Balaban J connectivity index is 1.83. The molecule has 2 fully saturated rings. The SMILES string of the molecule is C#CCCCC(=O)N1C[C@@H](CO)[C@H](NC(=O)C2CCC2)C1. The van der Waals surface area contributed by atoms with Crippen LogP contribution in [0.3, 0.4) is 0 Å². The monoisotopic (exact) mass is 292 g/mol. The van der Waals surface area contributed by atoms with Crippen LogP contribution in [0.1, 0.15) is 38.5 Å². The lowest BCUT2D eigenvalue weighted by atomic mass is 9.84. The summed E-state index contributed by atoms with van der Waals surface area (Å²) in [7, 11) is 0. The van der Waals surface area contributed by atoms with Crippen molar-refractivity contribution >= 4 is 11.8 Å². The third-order valence-electron chi connectivity index (χ3n) is 4.54. The minimum atomic E-state index is -0.125.